The van der Waals surface area contributed by atoms with Gasteiger partial charge in [-0.2, -0.15) is 0 Å². The van der Waals surface area contributed by atoms with Gasteiger partial charge in [-0.25, -0.2) is 4.79 Å². The predicted octanol–water partition coefficient (Wildman–Crippen LogP) is 0.300. The summed E-state index contributed by atoms with van der Waals surface area (Å²) < 4.78 is 6.67. The maximum absolute atomic E-state index is 12.3. The van der Waals surface area contributed by atoms with Gasteiger partial charge in [0.05, 0.1) is 19.6 Å². The number of ether oxygens (including phenoxy) is 1. The Morgan fingerprint density at radius 1 is 1.45 bits per heavy atom. The van der Waals surface area contributed by atoms with Crippen molar-refractivity contribution in [3.8, 4) is 0 Å². The number of esters is 1. The maximum Gasteiger partial charge on any atom is 0.343 e. The number of carbonyl (C=O) groups excluding carboxylic acids is 1. The number of hydrogen-bond donors (Lipinski definition) is 2. The fourth-order valence-electron chi connectivity index (χ4n) is 3.53. The summed E-state index contributed by atoms with van der Waals surface area (Å²) in [7, 11) is 2.15. The van der Waals surface area contributed by atoms with Gasteiger partial charge in [0.2, 0.25) is 0 Å². The number of likely N-dealkylation sites (N-methyl/N-ethyl adjacent to an activating group) is 1. The lowest BCUT2D eigenvalue weighted by molar-refractivity contribution is -0.921. The molecule has 2 atom stereocenters. The Morgan fingerprint density at radius 3 is 2.82 bits per heavy atom. The molecule has 0 aliphatic carbocycles. The van der Waals surface area contributed by atoms with Crippen LogP contribution in [0.4, 0.5) is 0 Å². The molecule has 1 aromatic heterocycles. The third-order valence-electron chi connectivity index (χ3n) is 5.26. The highest BCUT2D eigenvalue weighted by atomic mass is 16.6. The van der Waals surface area contributed by atoms with Crippen molar-refractivity contribution < 1.29 is 19.1 Å². The Morgan fingerprint density at radius 2 is 2.18 bits per heavy atom. The summed E-state index contributed by atoms with van der Waals surface area (Å²) >= 11 is 0. The van der Waals surface area contributed by atoms with Crippen LogP contribution in [0.25, 0.3) is 0 Å². The molecule has 3 rings (SSSR count). The quantitative estimate of drug-likeness (QED) is 0.623. The molecule has 3 heterocycles. The van der Waals surface area contributed by atoms with E-state index in [1.807, 2.05) is 0 Å². The van der Waals surface area contributed by atoms with E-state index in [0.717, 1.165) is 50.2 Å². The van der Waals surface area contributed by atoms with E-state index >= 15 is 0 Å². The molecule has 2 unspecified atom stereocenters. The van der Waals surface area contributed by atoms with Crippen molar-refractivity contribution >= 4 is 5.97 Å². The molecule has 22 heavy (non-hydrogen) atoms. The van der Waals surface area contributed by atoms with Crippen LogP contribution >= 0.6 is 0 Å². The largest absolute Gasteiger partial charge is 0.454 e. The van der Waals surface area contributed by atoms with Crippen molar-refractivity contribution in [2.45, 2.75) is 25.0 Å². The van der Waals surface area contributed by atoms with E-state index in [1.165, 1.54) is 6.92 Å². The average Bonchev–Trinajstić information content (AvgIpc) is 3.13. The standard InChI is InChI=1S/C16H26N3O3/c1-16(21,13-3-5-17-11-13)15(20)22-14-4-8-19(12-14)9-6-18(2)7-10-19/h3,5,11,14,17,21H,4,6-10,12H2,1-2H3/q+1. The zero-order valence-corrected chi connectivity index (χ0v) is 13.4. The predicted molar refractivity (Wildman–Crippen MR) is 82.1 cm³/mol. The number of aromatic nitrogens is 1. The summed E-state index contributed by atoms with van der Waals surface area (Å²) in [5.74, 6) is -0.550. The van der Waals surface area contributed by atoms with Crippen LogP contribution in [0.15, 0.2) is 18.5 Å². The number of nitrogens with zero attached hydrogens (tertiary/aromatic N) is 2. The van der Waals surface area contributed by atoms with Crippen LogP contribution in [0.3, 0.4) is 0 Å². The number of aliphatic hydroxyl groups is 1. The minimum Gasteiger partial charge on any atom is -0.454 e. The highest BCUT2D eigenvalue weighted by Crippen LogP contribution is 2.27. The van der Waals surface area contributed by atoms with Crippen molar-refractivity contribution in [1.29, 1.82) is 0 Å². The summed E-state index contributed by atoms with van der Waals surface area (Å²) in [5, 5.41) is 10.4. The fraction of sp³-hybridized carbons (Fsp3) is 0.688. The second kappa shape index (κ2) is 5.68. The summed E-state index contributed by atoms with van der Waals surface area (Å²) in [6.45, 7) is 7.88. The summed E-state index contributed by atoms with van der Waals surface area (Å²) in [6.07, 6.45) is 4.13. The Labute approximate surface area is 131 Å². The molecule has 6 heteroatoms. The highest BCUT2D eigenvalue weighted by Gasteiger charge is 2.44. The zero-order valence-electron chi connectivity index (χ0n) is 13.4. The Kier molecular flexibility index (Phi) is 4.01. The first-order valence-electron chi connectivity index (χ1n) is 8.02. The van der Waals surface area contributed by atoms with Gasteiger partial charge in [-0.15, -0.1) is 0 Å². The third-order valence-corrected chi connectivity index (χ3v) is 5.26. The maximum atomic E-state index is 12.3. The first kappa shape index (κ1) is 15.5. The van der Waals surface area contributed by atoms with Gasteiger partial charge in [0.25, 0.3) is 0 Å². The van der Waals surface area contributed by atoms with E-state index in [1.54, 1.807) is 18.5 Å². The van der Waals surface area contributed by atoms with E-state index in [2.05, 4.69) is 16.9 Å². The van der Waals surface area contributed by atoms with Crippen molar-refractivity contribution in [1.82, 2.24) is 9.88 Å². The third kappa shape index (κ3) is 2.91. The lowest BCUT2D eigenvalue weighted by Gasteiger charge is -2.41. The number of H-pyrrole nitrogens is 1. The van der Waals surface area contributed by atoms with Crippen LogP contribution in [0.2, 0.25) is 0 Å². The van der Waals surface area contributed by atoms with E-state index < -0.39 is 11.6 Å². The molecule has 122 valence electrons. The molecule has 0 bridgehead atoms. The molecule has 0 aromatic carbocycles. The highest BCUT2D eigenvalue weighted by molar-refractivity contribution is 5.80. The van der Waals surface area contributed by atoms with E-state index in [9.17, 15) is 9.90 Å². The first-order valence-corrected chi connectivity index (χ1v) is 8.02. The van der Waals surface area contributed by atoms with E-state index in [4.69, 9.17) is 4.74 Å². The molecular formula is C16H26N3O3+. The topological polar surface area (TPSA) is 65.6 Å². The smallest absolute Gasteiger partial charge is 0.343 e. The molecule has 0 amide bonds. The van der Waals surface area contributed by atoms with Crippen molar-refractivity contribution in [3.05, 3.63) is 24.0 Å². The van der Waals surface area contributed by atoms with Gasteiger partial charge >= 0.3 is 5.97 Å². The number of nitrogens with one attached hydrogen (secondary N) is 1. The molecule has 6 nitrogen and oxygen atoms in total. The summed E-state index contributed by atoms with van der Waals surface area (Å²) in [6, 6.07) is 1.70. The monoisotopic (exact) mass is 308 g/mol. The molecule has 2 saturated heterocycles. The molecule has 2 aliphatic heterocycles. The van der Waals surface area contributed by atoms with Crippen LogP contribution in [0, 0.1) is 0 Å². The minimum absolute atomic E-state index is 0.0821. The lowest BCUT2D eigenvalue weighted by Crippen LogP contribution is -2.57. The van der Waals surface area contributed by atoms with Gasteiger partial charge in [0.15, 0.2) is 11.7 Å². The van der Waals surface area contributed by atoms with Gasteiger partial charge in [0, 0.05) is 37.5 Å². The number of piperazine rings is 1. The van der Waals surface area contributed by atoms with Crippen LogP contribution < -0.4 is 0 Å². The summed E-state index contributed by atoms with van der Waals surface area (Å²) in [4.78, 5) is 17.5. The number of rotatable bonds is 3. The number of hydrogen-bond acceptors (Lipinski definition) is 4. The van der Waals surface area contributed by atoms with Crippen molar-refractivity contribution in [3.63, 3.8) is 0 Å². The van der Waals surface area contributed by atoms with Crippen LogP contribution in [0.1, 0.15) is 18.9 Å². The fourth-order valence-corrected chi connectivity index (χ4v) is 3.53. The molecule has 1 aromatic rings. The Hall–Kier alpha value is -1.37. The SMILES string of the molecule is CN1CC[N+]2(CCC(OC(=O)C(C)(O)c3cc[nH]c3)C2)CC1. The van der Waals surface area contributed by atoms with Gasteiger partial charge < -0.3 is 19.3 Å². The van der Waals surface area contributed by atoms with Gasteiger partial charge in [0.1, 0.15) is 6.54 Å². The van der Waals surface area contributed by atoms with Gasteiger partial charge in [-0.05, 0) is 20.0 Å². The molecule has 0 radical (unpaired) electrons. The van der Waals surface area contributed by atoms with E-state index in [-0.39, 0.29) is 6.10 Å². The number of carbonyl (C=O) groups is 1. The second-order valence-corrected chi connectivity index (χ2v) is 6.99. The van der Waals surface area contributed by atoms with Crippen LogP contribution in [-0.4, -0.2) is 77.9 Å². The molecule has 2 aliphatic rings. The van der Waals surface area contributed by atoms with Crippen LogP contribution in [-0.2, 0) is 15.1 Å². The first-order chi connectivity index (χ1) is 10.4. The van der Waals surface area contributed by atoms with E-state index in [0.29, 0.717) is 5.56 Å². The molecule has 1 spiro atoms. The number of quaternary nitrogens is 1. The zero-order chi connectivity index (χ0) is 15.8. The minimum atomic E-state index is -1.59. The average molecular weight is 308 g/mol. The molecule has 2 fully saturated rings. The molecule has 0 saturated carbocycles. The molecular weight excluding hydrogens is 282 g/mol. The van der Waals surface area contributed by atoms with Gasteiger partial charge in [-0.3, -0.25) is 4.90 Å². The lowest BCUT2D eigenvalue weighted by atomic mass is 9.99. The number of aromatic amines is 1. The normalized spacial score (nSPS) is 27.7. The van der Waals surface area contributed by atoms with Crippen LogP contribution in [0.5, 0.6) is 0 Å². The Balaban J connectivity index is 1.59. The van der Waals surface area contributed by atoms with Crippen molar-refractivity contribution in [2.24, 2.45) is 0 Å². The Bertz CT molecular complexity index is 519. The second-order valence-electron chi connectivity index (χ2n) is 6.99. The van der Waals surface area contributed by atoms with Gasteiger partial charge in [-0.1, -0.05) is 0 Å². The van der Waals surface area contributed by atoms with Crippen molar-refractivity contribution in [2.75, 3.05) is 46.3 Å². The molecule has 2 N–H and O–H groups in total. The summed E-state index contributed by atoms with van der Waals surface area (Å²) in [5.41, 5.74) is -1.05.